The average Bonchev–Trinajstić information content (AvgIpc) is 2.61. The lowest BCUT2D eigenvalue weighted by atomic mass is 10.3. The van der Waals surface area contributed by atoms with Crippen LogP contribution < -0.4 is 5.32 Å². The third-order valence-corrected chi connectivity index (χ3v) is 4.78. The summed E-state index contributed by atoms with van der Waals surface area (Å²) in [5.41, 5.74) is 0. The molecule has 0 radical (unpaired) electrons. The molecular formula is C10H17BrN2S2. The van der Waals surface area contributed by atoms with Crippen molar-refractivity contribution >= 4 is 39.0 Å². The molecule has 5 heteroatoms. The van der Waals surface area contributed by atoms with Gasteiger partial charge in [0, 0.05) is 11.8 Å². The van der Waals surface area contributed by atoms with Gasteiger partial charge >= 0.3 is 0 Å². The first-order valence-corrected chi connectivity index (χ1v) is 7.85. The molecule has 86 valence electrons. The standard InChI is InChI=1S/C10H17BrN2S2/c1-4-14-6-7(2)13-8(3)10-12-5-9(11)15-10/h5,7-8,13H,4,6H2,1-3H3. The number of halogens is 1. The largest absolute Gasteiger partial charge is 0.305 e. The molecule has 2 unspecified atom stereocenters. The van der Waals surface area contributed by atoms with Crippen LogP contribution in [0.15, 0.2) is 9.98 Å². The van der Waals surface area contributed by atoms with Crippen molar-refractivity contribution in [3.05, 3.63) is 15.0 Å². The minimum Gasteiger partial charge on any atom is -0.305 e. The summed E-state index contributed by atoms with van der Waals surface area (Å²) in [4.78, 5) is 4.35. The molecule has 15 heavy (non-hydrogen) atoms. The fraction of sp³-hybridized carbons (Fsp3) is 0.700. The molecular weight excluding hydrogens is 292 g/mol. The second-order valence-electron chi connectivity index (χ2n) is 3.45. The Morgan fingerprint density at radius 2 is 2.33 bits per heavy atom. The fourth-order valence-electron chi connectivity index (χ4n) is 1.31. The first kappa shape index (κ1) is 13.5. The molecule has 2 atom stereocenters. The van der Waals surface area contributed by atoms with Crippen molar-refractivity contribution < 1.29 is 0 Å². The quantitative estimate of drug-likeness (QED) is 0.867. The van der Waals surface area contributed by atoms with E-state index in [1.807, 2.05) is 18.0 Å². The summed E-state index contributed by atoms with van der Waals surface area (Å²) >= 11 is 7.10. The number of thiazole rings is 1. The van der Waals surface area contributed by atoms with Crippen molar-refractivity contribution in [2.75, 3.05) is 11.5 Å². The lowest BCUT2D eigenvalue weighted by Crippen LogP contribution is -2.30. The number of aromatic nitrogens is 1. The van der Waals surface area contributed by atoms with E-state index in [1.54, 1.807) is 11.3 Å². The zero-order valence-corrected chi connectivity index (χ0v) is 12.5. The second-order valence-corrected chi connectivity index (χ2v) is 7.21. The molecule has 1 aromatic rings. The normalized spacial score (nSPS) is 15.2. The molecule has 0 aliphatic carbocycles. The van der Waals surface area contributed by atoms with E-state index >= 15 is 0 Å². The van der Waals surface area contributed by atoms with Crippen molar-refractivity contribution in [1.29, 1.82) is 0 Å². The summed E-state index contributed by atoms with van der Waals surface area (Å²) in [6.45, 7) is 6.58. The van der Waals surface area contributed by atoms with E-state index in [0.29, 0.717) is 12.1 Å². The molecule has 1 heterocycles. The maximum absolute atomic E-state index is 4.35. The van der Waals surface area contributed by atoms with Crippen LogP contribution in [0.25, 0.3) is 0 Å². The van der Waals surface area contributed by atoms with Crippen LogP contribution in [0.4, 0.5) is 0 Å². The number of hydrogen-bond acceptors (Lipinski definition) is 4. The van der Waals surface area contributed by atoms with Gasteiger partial charge in [-0.15, -0.1) is 11.3 Å². The zero-order chi connectivity index (χ0) is 11.3. The molecule has 0 fully saturated rings. The highest BCUT2D eigenvalue weighted by atomic mass is 79.9. The number of nitrogens with one attached hydrogen (secondary N) is 1. The Kier molecular flexibility index (Phi) is 6.19. The zero-order valence-electron chi connectivity index (χ0n) is 9.29. The van der Waals surface area contributed by atoms with Gasteiger partial charge in [-0.1, -0.05) is 6.92 Å². The van der Waals surface area contributed by atoms with Gasteiger partial charge in [0.2, 0.25) is 0 Å². The second kappa shape index (κ2) is 6.89. The number of nitrogens with zero attached hydrogens (tertiary/aromatic N) is 1. The Bertz CT molecular complexity index is 291. The molecule has 0 bridgehead atoms. The third-order valence-electron chi connectivity index (χ3n) is 1.97. The fourth-order valence-corrected chi connectivity index (χ4v) is 3.25. The molecule has 0 amide bonds. The maximum atomic E-state index is 4.35. The van der Waals surface area contributed by atoms with Gasteiger partial charge in [0.15, 0.2) is 0 Å². The summed E-state index contributed by atoms with van der Waals surface area (Å²) in [6.07, 6.45) is 1.86. The van der Waals surface area contributed by atoms with Gasteiger partial charge in [-0.3, -0.25) is 0 Å². The van der Waals surface area contributed by atoms with Crippen molar-refractivity contribution in [3.63, 3.8) is 0 Å². The highest BCUT2D eigenvalue weighted by molar-refractivity contribution is 9.11. The van der Waals surface area contributed by atoms with Crippen LogP contribution in [0.1, 0.15) is 31.8 Å². The Morgan fingerprint density at radius 3 is 2.87 bits per heavy atom. The summed E-state index contributed by atoms with van der Waals surface area (Å²) in [5.74, 6) is 2.34. The van der Waals surface area contributed by atoms with E-state index in [4.69, 9.17) is 0 Å². The first-order chi connectivity index (χ1) is 7.13. The molecule has 1 aromatic heterocycles. The van der Waals surface area contributed by atoms with Crippen LogP contribution in [0.3, 0.4) is 0 Å². The van der Waals surface area contributed by atoms with Crippen LogP contribution >= 0.6 is 39.0 Å². The van der Waals surface area contributed by atoms with E-state index in [-0.39, 0.29) is 0 Å². The van der Waals surface area contributed by atoms with Crippen molar-refractivity contribution in [3.8, 4) is 0 Å². The molecule has 1 rings (SSSR count). The summed E-state index contributed by atoms with van der Waals surface area (Å²) in [6, 6.07) is 0.876. The van der Waals surface area contributed by atoms with E-state index in [0.717, 1.165) is 14.5 Å². The lowest BCUT2D eigenvalue weighted by molar-refractivity contribution is 0.509. The maximum Gasteiger partial charge on any atom is 0.110 e. The first-order valence-electron chi connectivity index (χ1n) is 5.08. The Morgan fingerprint density at radius 1 is 1.60 bits per heavy atom. The van der Waals surface area contributed by atoms with Crippen LogP contribution in [-0.2, 0) is 0 Å². The lowest BCUT2D eigenvalue weighted by Gasteiger charge is -2.17. The predicted molar refractivity (Wildman–Crippen MR) is 73.8 cm³/mol. The Hall–Kier alpha value is 0.420. The van der Waals surface area contributed by atoms with E-state index in [1.165, 1.54) is 5.75 Å². The van der Waals surface area contributed by atoms with Gasteiger partial charge in [-0.05, 0) is 35.5 Å². The molecule has 2 nitrogen and oxygen atoms in total. The molecule has 0 spiro atoms. The molecule has 0 aromatic carbocycles. The Labute approximate surface area is 108 Å². The number of thioether (sulfide) groups is 1. The van der Waals surface area contributed by atoms with Gasteiger partial charge < -0.3 is 5.32 Å². The van der Waals surface area contributed by atoms with Crippen LogP contribution in [-0.4, -0.2) is 22.5 Å². The van der Waals surface area contributed by atoms with Gasteiger partial charge in [-0.25, -0.2) is 4.98 Å². The van der Waals surface area contributed by atoms with Gasteiger partial charge in [0.25, 0.3) is 0 Å². The van der Waals surface area contributed by atoms with E-state index in [2.05, 4.69) is 47.0 Å². The average molecular weight is 309 g/mol. The highest BCUT2D eigenvalue weighted by Crippen LogP contribution is 2.24. The van der Waals surface area contributed by atoms with Crippen molar-refractivity contribution in [2.24, 2.45) is 0 Å². The molecule has 0 saturated heterocycles. The van der Waals surface area contributed by atoms with Crippen LogP contribution in [0, 0.1) is 0 Å². The monoisotopic (exact) mass is 308 g/mol. The van der Waals surface area contributed by atoms with Crippen LogP contribution in [0.5, 0.6) is 0 Å². The molecule has 1 N–H and O–H groups in total. The third kappa shape index (κ3) is 4.85. The molecule has 0 saturated carbocycles. The summed E-state index contributed by atoms with van der Waals surface area (Å²) < 4.78 is 1.10. The van der Waals surface area contributed by atoms with Gasteiger partial charge in [0.1, 0.15) is 5.01 Å². The predicted octanol–water partition coefficient (Wildman–Crippen LogP) is 3.70. The Balaban J connectivity index is 2.38. The van der Waals surface area contributed by atoms with Crippen molar-refractivity contribution in [2.45, 2.75) is 32.9 Å². The summed E-state index contributed by atoms with van der Waals surface area (Å²) in [7, 11) is 0. The van der Waals surface area contributed by atoms with E-state index < -0.39 is 0 Å². The number of rotatable bonds is 6. The smallest absolute Gasteiger partial charge is 0.110 e. The molecule has 0 aliphatic rings. The van der Waals surface area contributed by atoms with Crippen LogP contribution in [0.2, 0.25) is 0 Å². The van der Waals surface area contributed by atoms with Crippen molar-refractivity contribution in [1.82, 2.24) is 10.3 Å². The van der Waals surface area contributed by atoms with Gasteiger partial charge in [-0.2, -0.15) is 11.8 Å². The SMILES string of the molecule is CCSCC(C)NC(C)c1ncc(Br)s1. The minimum atomic E-state index is 0.341. The highest BCUT2D eigenvalue weighted by Gasteiger charge is 2.12. The topological polar surface area (TPSA) is 24.9 Å². The number of hydrogen-bond donors (Lipinski definition) is 1. The van der Waals surface area contributed by atoms with E-state index in [9.17, 15) is 0 Å². The van der Waals surface area contributed by atoms with Gasteiger partial charge in [0.05, 0.1) is 16.0 Å². The molecule has 0 aliphatic heterocycles. The summed E-state index contributed by atoms with van der Waals surface area (Å²) in [5, 5.41) is 4.70. The minimum absolute atomic E-state index is 0.341.